The van der Waals surface area contributed by atoms with Crippen LogP contribution in [-0.4, -0.2) is 4.98 Å². The number of nitrogens with zero attached hydrogens (tertiary/aromatic N) is 1. The summed E-state index contributed by atoms with van der Waals surface area (Å²) in [6.07, 6.45) is 0. The number of para-hydroxylation sites is 1. The summed E-state index contributed by atoms with van der Waals surface area (Å²) >= 11 is 0. The Morgan fingerprint density at radius 3 is 2.21 bits per heavy atom. The maximum Gasteiger partial charge on any atom is 0.0595 e. The van der Waals surface area contributed by atoms with Gasteiger partial charge in [0.25, 0.3) is 0 Å². The molecular formula is C31H32IrN-. The van der Waals surface area contributed by atoms with E-state index in [0.717, 1.165) is 16.8 Å². The minimum Gasteiger partial charge on any atom is -0.296 e. The van der Waals surface area contributed by atoms with Crippen molar-refractivity contribution in [2.45, 2.75) is 64.7 Å². The van der Waals surface area contributed by atoms with Crippen molar-refractivity contribution in [3.8, 4) is 11.3 Å². The van der Waals surface area contributed by atoms with Gasteiger partial charge in [-0.3, -0.25) is 4.98 Å². The first-order chi connectivity index (χ1) is 15.0. The number of pyridine rings is 1. The molecule has 33 heavy (non-hydrogen) atoms. The molecule has 0 spiro atoms. The van der Waals surface area contributed by atoms with Crippen molar-refractivity contribution in [2.24, 2.45) is 0 Å². The molecule has 0 amide bonds. The van der Waals surface area contributed by atoms with E-state index >= 15 is 0 Å². The predicted molar refractivity (Wildman–Crippen MR) is 135 cm³/mol. The summed E-state index contributed by atoms with van der Waals surface area (Å²) in [5.41, 5.74) is 10.0. The monoisotopic (exact) mass is 611 g/mol. The summed E-state index contributed by atoms with van der Waals surface area (Å²) in [6, 6.07) is 27.7. The van der Waals surface area contributed by atoms with Crippen LogP contribution in [0.5, 0.6) is 0 Å². The summed E-state index contributed by atoms with van der Waals surface area (Å²) in [5, 5.41) is 1.17. The molecule has 1 nitrogen and oxygen atoms in total. The zero-order chi connectivity index (χ0) is 22.9. The molecule has 1 aliphatic carbocycles. The van der Waals surface area contributed by atoms with Crippen LogP contribution in [0.25, 0.3) is 22.2 Å². The Hall–Kier alpha value is -2.28. The van der Waals surface area contributed by atoms with Gasteiger partial charge in [0.1, 0.15) is 0 Å². The van der Waals surface area contributed by atoms with Gasteiger partial charge in [0.2, 0.25) is 0 Å². The minimum atomic E-state index is -0.142. The van der Waals surface area contributed by atoms with E-state index in [-0.39, 0.29) is 36.4 Å². The van der Waals surface area contributed by atoms with E-state index in [1.54, 1.807) is 0 Å². The Morgan fingerprint density at radius 2 is 1.48 bits per heavy atom. The van der Waals surface area contributed by atoms with Crippen LogP contribution >= 0.6 is 0 Å². The Kier molecular flexibility index (Phi) is 5.71. The third kappa shape index (κ3) is 3.69. The van der Waals surface area contributed by atoms with Gasteiger partial charge >= 0.3 is 0 Å². The van der Waals surface area contributed by atoms with E-state index in [1.165, 1.54) is 33.2 Å². The molecule has 0 aliphatic heterocycles. The van der Waals surface area contributed by atoms with Gasteiger partial charge in [-0.05, 0) is 50.1 Å². The number of benzene rings is 3. The molecule has 2 heteroatoms. The zero-order valence-corrected chi connectivity index (χ0v) is 23.0. The van der Waals surface area contributed by atoms with Crippen molar-refractivity contribution in [2.75, 3.05) is 0 Å². The van der Waals surface area contributed by atoms with Gasteiger partial charge in [-0.1, -0.05) is 97.0 Å². The maximum absolute atomic E-state index is 5.04. The smallest absolute Gasteiger partial charge is 0.0595 e. The van der Waals surface area contributed by atoms with E-state index in [4.69, 9.17) is 4.98 Å². The summed E-state index contributed by atoms with van der Waals surface area (Å²) in [4.78, 5) is 5.04. The fraction of sp³-hybridized carbons (Fsp3) is 0.323. The van der Waals surface area contributed by atoms with Gasteiger partial charge in [0.15, 0.2) is 0 Å². The van der Waals surface area contributed by atoms with Crippen LogP contribution in [0.4, 0.5) is 0 Å². The Morgan fingerprint density at radius 1 is 0.758 bits per heavy atom. The van der Waals surface area contributed by atoms with Crippen molar-refractivity contribution in [1.82, 2.24) is 4.98 Å². The Bertz CT molecular complexity index is 1360. The van der Waals surface area contributed by atoms with E-state index < -0.39 is 0 Å². The average molecular weight is 611 g/mol. The number of rotatable bonds is 1. The van der Waals surface area contributed by atoms with Gasteiger partial charge in [-0.25, -0.2) is 0 Å². The first-order valence-electron chi connectivity index (χ1n) is 11.6. The molecule has 1 heterocycles. The second-order valence-electron chi connectivity index (χ2n) is 11.3. The van der Waals surface area contributed by atoms with Crippen molar-refractivity contribution in [3.05, 3.63) is 101 Å². The maximum atomic E-state index is 5.04. The van der Waals surface area contributed by atoms with Crippen molar-refractivity contribution in [3.63, 3.8) is 0 Å². The second kappa shape index (κ2) is 7.90. The fourth-order valence-corrected chi connectivity index (χ4v) is 5.43. The Labute approximate surface area is 212 Å². The fourth-order valence-electron chi connectivity index (χ4n) is 5.43. The van der Waals surface area contributed by atoms with Gasteiger partial charge in [0.05, 0.1) is 5.52 Å². The standard InChI is InChI=1S/C31H32N.Ir/c1-29(2,3)21-16-17-23-25(19-21)30(4,5)24-13-10-12-22(28(24)31(23,6)7)27-18-15-20-11-8-9-14-26(20)32-27;/h8-11,13-19H,1-7H3;/q-1;. The van der Waals surface area contributed by atoms with E-state index in [2.05, 4.69) is 121 Å². The van der Waals surface area contributed by atoms with Crippen LogP contribution in [0.2, 0.25) is 0 Å². The van der Waals surface area contributed by atoms with Crippen LogP contribution in [0.15, 0.2) is 66.7 Å². The van der Waals surface area contributed by atoms with Crippen LogP contribution in [0.3, 0.4) is 0 Å². The van der Waals surface area contributed by atoms with Gasteiger partial charge < -0.3 is 0 Å². The average Bonchev–Trinajstić information content (AvgIpc) is 2.76. The molecule has 171 valence electrons. The molecule has 0 atom stereocenters. The molecule has 0 fully saturated rings. The number of aromatic nitrogens is 1. The minimum absolute atomic E-state index is 0. The number of hydrogen-bond donors (Lipinski definition) is 0. The first-order valence-corrected chi connectivity index (χ1v) is 11.6. The largest absolute Gasteiger partial charge is 0.296 e. The van der Waals surface area contributed by atoms with E-state index in [1.807, 2.05) is 0 Å². The molecule has 5 rings (SSSR count). The molecular weight excluding hydrogens is 579 g/mol. The number of fused-ring (bicyclic) bond motifs is 3. The molecule has 0 unspecified atom stereocenters. The molecule has 1 radical (unpaired) electrons. The number of hydrogen-bond acceptors (Lipinski definition) is 1. The summed E-state index contributed by atoms with van der Waals surface area (Å²) in [7, 11) is 0. The molecule has 1 aromatic heterocycles. The SMILES string of the molecule is CC(C)(C)c1ccc2c(c1)C(C)(C)c1cc[c-]c(-c3ccc4ccccc4n3)c1C2(C)C.[Ir]. The third-order valence-corrected chi connectivity index (χ3v) is 7.38. The second-order valence-corrected chi connectivity index (χ2v) is 11.3. The molecule has 4 aromatic rings. The van der Waals surface area contributed by atoms with Gasteiger partial charge in [-0.15, -0.1) is 34.9 Å². The summed E-state index contributed by atoms with van der Waals surface area (Å²) in [5.74, 6) is 0. The van der Waals surface area contributed by atoms with Gasteiger partial charge in [-0.2, -0.15) is 0 Å². The van der Waals surface area contributed by atoms with E-state index in [0.29, 0.717) is 0 Å². The normalized spacial score (nSPS) is 16.0. The third-order valence-electron chi connectivity index (χ3n) is 7.38. The van der Waals surface area contributed by atoms with E-state index in [9.17, 15) is 0 Å². The Balaban J connectivity index is 0.00000259. The van der Waals surface area contributed by atoms with Crippen LogP contribution in [-0.2, 0) is 36.4 Å². The molecule has 1 aliphatic rings. The van der Waals surface area contributed by atoms with Gasteiger partial charge in [0, 0.05) is 20.1 Å². The summed E-state index contributed by atoms with van der Waals surface area (Å²) < 4.78 is 0. The topological polar surface area (TPSA) is 12.9 Å². The summed E-state index contributed by atoms with van der Waals surface area (Å²) in [6.45, 7) is 16.3. The van der Waals surface area contributed by atoms with Crippen LogP contribution < -0.4 is 0 Å². The molecule has 3 aromatic carbocycles. The zero-order valence-electron chi connectivity index (χ0n) is 20.6. The van der Waals surface area contributed by atoms with Crippen molar-refractivity contribution >= 4 is 10.9 Å². The van der Waals surface area contributed by atoms with Crippen molar-refractivity contribution < 1.29 is 20.1 Å². The molecule has 0 bridgehead atoms. The quantitative estimate of drug-likeness (QED) is 0.199. The molecule has 0 saturated carbocycles. The molecule has 0 saturated heterocycles. The first kappa shape index (κ1) is 23.9. The van der Waals surface area contributed by atoms with Crippen molar-refractivity contribution in [1.29, 1.82) is 0 Å². The predicted octanol–water partition coefficient (Wildman–Crippen LogP) is 7.96. The van der Waals surface area contributed by atoms with Crippen LogP contribution in [0, 0.1) is 6.07 Å². The van der Waals surface area contributed by atoms with Crippen LogP contribution in [0.1, 0.15) is 76.3 Å². The molecule has 0 N–H and O–H groups in total.